The van der Waals surface area contributed by atoms with Crippen molar-refractivity contribution < 1.29 is 47.0 Å². The van der Waals surface area contributed by atoms with Crippen molar-refractivity contribution in [3.8, 4) is 0 Å². The van der Waals surface area contributed by atoms with Crippen molar-refractivity contribution in [1.82, 2.24) is 20.4 Å². The fourth-order valence-corrected chi connectivity index (χ4v) is 6.35. The molecule has 4 aliphatic rings. The number of carboxylic acids is 1. The van der Waals surface area contributed by atoms with Gasteiger partial charge in [0.25, 0.3) is 0 Å². The van der Waals surface area contributed by atoms with Crippen molar-refractivity contribution in [2.24, 2.45) is 5.92 Å². The van der Waals surface area contributed by atoms with Gasteiger partial charge in [-0.2, -0.15) is 13.2 Å². The van der Waals surface area contributed by atoms with E-state index in [1.165, 1.54) is 4.90 Å². The van der Waals surface area contributed by atoms with E-state index in [0.29, 0.717) is 38.8 Å². The van der Waals surface area contributed by atoms with Gasteiger partial charge < -0.3 is 25.4 Å². The lowest BCUT2D eigenvalue weighted by Crippen LogP contribution is -2.56. The molecular weight excluding hydrogens is 597 g/mol. The molecular formula is C31H37F3N4O7. The number of halogens is 3. The number of rotatable bonds is 5. The number of ether oxygens (including phenoxy) is 1. The SMILES string of the molecule is O=C(CCC(F)(F)F)N[C@H]1CCCCC/C=C\[C@H]2C[C@@]2(C(=O)O)NC(=O)[C@@H]2C[C@@H](OC(=O)N3Cc4ccccc4C3)CN2C1=O. The molecule has 1 aromatic rings. The zero-order valence-electron chi connectivity index (χ0n) is 24.7. The number of hydrogen-bond acceptors (Lipinski definition) is 6. The Morgan fingerprint density at radius 1 is 1.09 bits per heavy atom. The monoisotopic (exact) mass is 634 g/mol. The number of carbonyl (C=O) groups is 5. The summed E-state index contributed by atoms with van der Waals surface area (Å²) in [4.78, 5) is 68.1. The van der Waals surface area contributed by atoms with Gasteiger partial charge in [-0.05, 0) is 36.8 Å². The number of aliphatic carboxylic acids is 1. The van der Waals surface area contributed by atoms with E-state index in [1.807, 2.05) is 30.3 Å². The average molecular weight is 635 g/mol. The molecule has 3 heterocycles. The molecule has 0 spiro atoms. The standard InChI is InChI=1S/C31H37F3N4O7/c32-31(33,34)13-12-25(39)35-23-11-5-3-1-2-4-10-21-15-30(21,28(42)43)36-26(40)24-14-22(18-38(24)27(23)41)45-29(44)37-16-19-8-6-7-9-20(19)17-37/h4,6-10,21-24H,1-3,5,11-18H2,(H,35,39)(H,36,40)(H,42,43)/b10-4-/t21-,22+,23-,24-,30+/m0/s1. The van der Waals surface area contributed by atoms with E-state index in [4.69, 9.17) is 4.74 Å². The number of hydrogen-bond donors (Lipinski definition) is 3. The third-order valence-corrected chi connectivity index (χ3v) is 8.96. The van der Waals surface area contributed by atoms with E-state index < -0.39 is 78.4 Å². The average Bonchev–Trinajstić information content (AvgIpc) is 3.30. The molecule has 0 radical (unpaired) electrons. The van der Waals surface area contributed by atoms with Gasteiger partial charge in [0.05, 0.1) is 13.0 Å². The highest BCUT2D eigenvalue weighted by atomic mass is 19.4. The zero-order chi connectivity index (χ0) is 32.4. The summed E-state index contributed by atoms with van der Waals surface area (Å²) in [5.41, 5.74) is 0.405. The molecule has 1 aromatic carbocycles. The Bertz CT molecular complexity index is 1340. The first kappa shape index (κ1) is 32.3. The Balaban J connectivity index is 1.35. The molecule has 3 aliphatic heterocycles. The highest BCUT2D eigenvalue weighted by Crippen LogP contribution is 2.45. The molecule has 4 amide bonds. The summed E-state index contributed by atoms with van der Waals surface area (Å²) in [5, 5.41) is 15.0. The third kappa shape index (κ3) is 7.59. The normalized spacial score (nSPS) is 29.3. The number of amides is 4. The number of carbonyl (C=O) groups excluding carboxylic acids is 4. The van der Waals surface area contributed by atoms with Gasteiger partial charge in [-0.1, -0.05) is 49.3 Å². The Kier molecular flexibility index (Phi) is 9.40. The number of benzene rings is 1. The summed E-state index contributed by atoms with van der Waals surface area (Å²) in [6, 6.07) is 5.09. The highest BCUT2D eigenvalue weighted by Gasteiger charge is 2.61. The molecule has 1 saturated carbocycles. The third-order valence-electron chi connectivity index (χ3n) is 8.96. The summed E-state index contributed by atoms with van der Waals surface area (Å²) >= 11 is 0. The van der Waals surface area contributed by atoms with Gasteiger partial charge in [0.2, 0.25) is 17.7 Å². The van der Waals surface area contributed by atoms with E-state index in [2.05, 4.69) is 10.6 Å². The molecule has 14 heteroatoms. The molecule has 1 saturated heterocycles. The maximum absolute atomic E-state index is 13.9. The van der Waals surface area contributed by atoms with E-state index >= 15 is 0 Å². The number of nitrogens with zero attached hydrogens (tertiary/aromatic N) is 2. The minimum atomic E-state index is -4.55. The van der Waals surface area contributed by atoms with Crippen molar-refractivity contribution in [1.29, 1.82) is 0 Å². The second kappa shape index (κ2) is 13.1. The van der Waals surface area contributed by atoms with Crippen molar-refractivity contribution in [3.63, 3.8) is 0 Å². The van der Waals surface area contributed by atoms with Crippen LogP contribution in [-0.4, -0.2) is 81.1 Å². The quantitative estimate of drug-likeness (QED) is 0.421. The Morgan fingerprint density at radius 2 is 1.80 bits per heavy atom. The zero-order valence-corrected chi connectivity index (χ0v) is 24.7. The number of carboxylic acid groups (broad SMARTS) is 1. The van der Waals surface area contributed by atoms with Crippen LogP contribution in [0.1, 0.15) is 68.9 Å². The van der Waals surface area contributed by atoms with Crippen LogP contribution in [0.15, 0.2) is 36.4 Å². The molecule has 5 atom stereocenters. The summed E-state index contributed by atoms with van der Waals surface area (Å²) in [7, 11) is 0. The molecule has 45 heavy (non-hydrogen) atoms. The second-order valence-corrected chi connectivity index (χ2v) is 12.3. The molecule has 0 bridgehead atoms. The van der Waals surface area contributed by atoms with Crippen LogP contribution in [0.4, 0.5) is 18.0 Å². The first-order valence-electron chi connectivity index (χ1n) is 15.3. The lowest BCUT2D eigenvalue weighted by molar-refractivity contribution is -0.147. The van der Waals surface area contributed by atoms with Gasteiger partial charge in [-0.3, -0.25) is 19.3 Å². The Morgan fingerprint density at radius 3 is 2.47 bits per heavy atom. The van der Waals surface area contributed by atoms with Gasteiger partial charge in [0.1, 0.15) is 23.7 Å². The minimum Gasteiger partial charge on any atom is -0.479 e. The second-order valence-electron chi connectivity index (χ2n) is 12.3. The van der Waals surface area contributed by atoms with E-state index in [0.717, 1.165) is 16.0 Å². The molecule has 5 rings (SSSR count). The first-order valence-corrected chi connectivity index (χ1v) is 15.3. The topological polar surface area (TPSA) is 145 Å². The van der Waals surface area contributed by atoms with Crippen LogP contribution in [0.2, 0.25) is 0 Å². The van der Waals surface area contributed by atoms with Crippen LogP contribution in [0, 0.1) is 5.92 Å². The summed E-state index contributed by atoms with van der Waals surface area (Å²) in [6.45, 7) is 0.453. The van der Waals surface area contributed by atoms with Gasteiger partial charge in [0.15, 0.2) is 0 Å². The van der Waals surface area contributed by atoms with Gasteiger partial charge >= 0.3 is 18.2 Å². The fourth-order valence-electron chi connectivity index (χ4n) is 6.35. The van der Waals surface area contributed by atoms with Crippen molar-refractivity contribution >= 4 is 29.8 Å². The van der Waals surface area contributed by atoms with Crippen molar-refractivity contribution in [2.45, 2.75) is 101 Å². The van der Waals surface area contributed by atoms with E-state index in [9.17, 15) is 42.3 Å². The van der Waals surface area contributed by atoms with Crippen LogP contribution in [0.5, 0.6) is 0 Å². The lowest BCUT2D eigenvalue weighted by Gasteiger charge is -2.29. The Hall–Kier alpha value is -4.10. The highest BCUT2D eigenvalue weighted by molar-refractivity contribution is 5.96. The Labute approximate surface area is 258 Å². The molecule has 0 aromatic heterocycles. The van der Waals surface area contributed by atoms with Crippen LogP contribution < -0.4 is 10.6 Å². The lowest BCUT2D eigenvalue weighted by atomic mass is 10.0. The number of allylic oxidation sites excluding steroid dienone is 1. The maximum Gasteiger partial charge on any atom is 0.410 e. The maximum atomic E-state index is 13.9. The largest absolute Gasteiger partial charge is 0.479 e. The van der Waals surface area contributed by atoms with Crippen LogP contribution in [0.25, 0.3) is 0 Å². The molecule has 1 aliphatic carbocycles. The van der Waals surface area contributed by atoms with E-state index in [-0.39, 0.29) is 25.8 Å². The predicted molar refractivity (Wildman–Crippen MR) is 152 cm³/mol. The van der Waals surface area contributed by atoms with Crippen molar-refractivity contribution in [2.75, 3.05) is 6.54 Å². The van der Waals surface area contributed by atoms with E-state index in [1.54, 1.807) is 6.08 Å². The molecule has 2 fully saturated rings. The number of nitrogens with one attached hydrogen (secondary N) is 2. The minimum absolute atomic E-state index is 0.116. The molecule has 3 N–H and O–H groups in total. The van der Waals surface area contributed by atoms with Gasteiger partial charge in [0, 0.05) is 31.8 Å². The number of fused-ring (bicyclic) bond motifs is 3. The van der Waals surface area contributed by atoms with Gasteiger partial charge in [-0.15, -0.1) is 0 Å². The van der Waals surface area contributed by atoms with Gasteiger partial charge in [-0.25, -0.2) is 9.59 Å². The first-order chi connectivity index (χ1) is 21.4. The smallest absolute Gasteiger partial charge is 0.410 e. The molecule has 0 unspecified atom stereocenters. The van der Waals surface area contributed by atoms with Crippen LogP contribution in [-0.2, 0) is 37.0 Å². The summed E-state index contributed by atoms with van der Waals surface area (Å²) < 4.78 is 44.0. The fraction of sp³-hybridized carbons (Fsp3) is 0.581. The summed E-state index contributed by atoms with van der Waals surface area (Å²) in [5.74, 6) is -4.04. The number of alkyl halides is 3. The predicted octanol–water partition coefficient (Wildman–Crippen LogP) is 3.42. The van der Waals surface area contributed by atoms with Crippen LogP contribution >= 0.6 is 0 Å². The van der Waals surface area contributed by atoms with Crippen molar-refractivity contribution in [3.05, 3.63) is 47.5 Å². The van der Waals surface area contributed by atoms with Crippen LogP contribution in [0.3, 0.4) is 0 Å². The molecule has 244 valence electrons. The molecule has 11 nitrogen and oxygen atoms in total. The summed E-state index contributed by atoms with van der Waals surface area (Å²) in [6.07, 6.45) is -2.02.